The number of thiazole rings is 1. The van der Waals surface area contributed by atoms with Gasteiger partial charge in [0.2, 0.25) is 5.91 Å². The fourth-order valence-electron chi connectivity index (χ4n) is 3.64. The van der Waals surface area contributed by atoms with Gasteiger partial charge >= 0.3 is 0 Å². The number of hydrogen-bond acceptors (Lipinski definition) is 4. The van der Waals surface area contributed by atoms with Gasteiger partial charge in [-0.3, -0.25) is 9.69 Å². The fraction of sp³-hybridized carbons (Fsp3) is 0.545. The first-order valence-corrected chi connectivity index (χ1v) is 11.0. The van der Waals surface area contributed by atoms with E-state index in [0.29, 0.717) is 0 Å². The summed E-state index contributed by atoms with van der Waals surface area (Å²) in [7, 11) is 0. The molecular formula is C22H31N3OS. The maximum atomic E-state index is 12.6. The molecule has 5 heteroatoms. The molecule has 0 saturated carbocycles. The van der Waals surface area contributed by atoms with E-state index in [2.05, 4.69) is 39.6 Å². The third kappa shape index (κ3) is 6.15. The van der Waals surface area contributed by atoms with E-state index in [1.165, 1.54) is 24.8 Å². The largest absolute Gasteiger partial charge is 0.326 e. The standard InChI is InChI=1S/C22H31N3OS/c1-3-4-5-6-18-7-9-20(10-8-18)24-22(26)19-11-13-25(14-12-19)15-21-16-27-17(2)23-21/h7-10,16,19H,3-6,11-15H2,1-2H3,(H,24,26). The van der Waals surface area contributed by atoms with Crippen molar-refractivity contribution in [3.63, 3.8) is 0 Å². The van der Waals surface area contributed by atoms with E-state index < -0.39 is 0 Å². The molecule has 146 valence electrons. The van der Waals surface area contributed by atoms with Gasteiger partial charge in [0.05, 0.1) is 10.7 Å². The average molecular weight is 386 g/mol. The molecule has 0 atom stereocenters. The normalized spacial score (nSPS) is 15.8. The van der Waals surface area contributed by atoms with Gasteiger partial charge in [-0.05, 0) is 63.4 Å². The van der Waals surface area contributed by atoms with E-state index >= 15 is 0 Å². The lowest BCUT2D eigenvalue weighted by molar-refractivity contribution is -0.121. The van der Waals surface area contributed by atoms with Crippen molar-refractivity contribution in [2.75, 3.05) is 18.4 Å². The third-order valence-electron chi connectivity index (χ3n) is 5.30. The highest BCUT2D eigenvalue weighted by molar-refractivity contribution is 7.09. The molecule has 1 N–H and O–H groups in total. The zero-order chi connectivity index (χ0) is 19.1. The van der Waals surface area contributed by atoms with Gasteiger partial charge in [0.25, 0.3) is 0 Å². The number of anilines is 1. The summed E-state index contributed by atoms with van der Waals surface area (Å²) >= 11 is 1.70. The van der Waals surface area contributed by atoms with E-state index in [4.69, 9.17) is 0 Å². The number of nitrogens with zero attached hydrogens (tertiary/aromatic N) is 2. The summed E-state index contributed by atoms with van der Waals surface area (Å²) in [4.78, 5) is 19.5. The van der Waals surface area contributed by atoms with Gasteiger partial charge in [0, 0.05) is 23.5 Å². The predicted octanol–water partition coefficient (Wildman–Crippen LogP) is 5.03. The van der Waals surface area contributed by atoms with Crippen LogP contribution in [-0.4, -0.2) is 28.9 Å². The highest BCUT2D eigenvalue weighted by Gasteiger charge is 2.25. The number of benzene rings is 1. The van der Waals surface area contributed by atoms with Crippen LogP contribution in [0.2, 0.25) is 0 Å². The van der Waals surface area contributed by atoms with E-state index in [-0.39, 0.29) is 11.8 Å². The number of likely N-dealkylation sites (tertiary alicyclic amines) is 1. The van der Waals surface area contributed by atoms with E-state index in [1.807, 2.05) is 19.1 Å². The van der Waals surface area contributed by atoms with Crippen LogP contribution in [0.5, 0.6) is 0 Å². The van der Waals surface area contributed by atoms with Gasteiger partial charge in [0.1, 0.15) is 0 Å². The minimum Gasteiger partial charge on any atom is -0.326 e. The molecule has 3 rings (SSSR count). The van der Waals surface area contributed by atoms with Crippen molar-refractivity contribution in [2.45, 2.75) is 58.9 Å². The lowest BCUT2D eigenvalue weighted by atomic mass is 9.95. The van der Waals surface area contributed by atoms with Crippen molar-refractivity contribution < 1.29 is 4.79 Å². The number of piperidine rings is 1. The first kappa shape index (κ1) is 20.0. The molecule has 4 nitrogen and oxygen atoms in total. The number of hydrogen-bond donors (Lipinski definition) is 1. The number of aryl methyl sites for hydroxylation is 2. The first-order chi connectivity index (χ1) is 13.1. The number of carbonyl (C=O) groups excluding carboxylic acids is 1. The van der Waals surface area contributed by atoms with Crippen LogP contribution in [0.3, 0.4) is 0 Å². The van der Waals surface area contributed by atoms with E-state index in [1.54, 1.807) is 11.3 Å². The zero-order valence-electron chi connectivity index (χ0n) is 16.5. The Labute approximate surface area is 167 Å². The van der Waals surface area contributed by atoms with Crippen LogP contribution in [0, 0.1) is 12.8 Å². The molecule has 1 aromatic heterocycles. The van der Waals surface area contributed by atoms with Crippen molar-refractivity contribution in [2.24, 2.45) is 5.92 Å². The van der Waals surface area contributed by atoms with Crippen LogP contribution in [0.15, 0.2) is 29.6 Å². The minimum absolute atomic E-state index is 0.114. The summed E-state index contributed by atoms with van der Waals surface area (Å²) in [5.41, 5.74) is 3.42. The van der Waals surface area contributed by atoms with Crippen LogP contribution in [0.4, 0.5) is 5.69 Å². The van der Waals surface area contributed by atoms with Crippen LogP contribution in [0.25, 0.3) is 0 Å². The van der Waals surface area contributed by atoms with E-state index in [0.717, 1.165) is 55.3 Å². The monoisotopic (exact) mass is 385 g/mol. The van der Waals surface area contributed by atoms with Crippen molar-refractivity contribution in [1.82, 2.24) is 9.88 Å². The maximum absolute atomic E-state index is 12.6. The molecule has 1 saturated heterocycles. The Morgan fingerprint density at radius 3 is 2.59 bits per heavy atom. The van der Waals surface area contributed by atoms with Crippen LogP contribution < -0.4 is 5.32 Å². The number of nitrogens with one attached hydrogen (secondary N) is 1. The summed E-state index contributed by atoms with van der Waals surface area (Å²) < 4.78 is 0. The van der Waals surface area contributed by atoms with Crippen LogP contribution in [0.1, 0.15) is 55.3 Å². The Kier molecular flexibility index (Phi) is 7.41. The Bertz CT molecular complexity index is 717. The van der Waals surface area contributed by atoms with Crippen molar-refractivity contribution >= 4 is 22.9 Å². The quantitative estimate of drug-likeness (QED) is 0.648. The van der Waals surface area contributed by atoms with Gasteiger partial charge in [-0.15, -0.1) is 11.3 Å². The van der Waals surface area contributed by atoms with Crippen molar-refractivity contribution in [1.29, 1.82) is 0 Å². The molecule has 27 heavy (non-hydrogen) atoms. The number of amides is 1. The molecule has 0 spiro atoms. The second-order valence-corrected chi connectivity index (χ2v) is 8.61. The molecule has 0 bridgehead atoms. The number of carbonyl (C=O) groups is 1. The molecule has 0 aliphatic carbocycles. The van der Waals surface area contributed by atoms with Crippen LogP contribution >= 0.6 is 11.3 Å². The predicted molar refractivity (Wildman–Crippen MR) is 113 cm³/mol. The topological polar surface area (TPSA) is 45.2 Å². The summed E-state index contributed by atoms with van der Waals surface area (Å²) in [6, 6.07) is 8.37. The van der Waals surface area contributed by atoms with Crippen molar-refractivity contribution in [3.8, 4) is 0 Å². The molecule has 1 aromatic carbocycles. The highest BCUT2D eigenvalue weighted by atomic mass is 32.1. The van der Waals surface area contributed by atoms with Gasteiger partial charge < -0.3 is 5.32 Å². The van der Waals surface area contributed by atoms with Gasteiger partial charge in [-0.2, -0.15) is 0 Å². The van der Waals surface area contributed by atoms with Crippen LogP contribution in [-0.2, 0) is 17.8 Å². The fourth-order valence-corrected chi connectivity index (χ4v) is 4.25. The third-order valence-corrected chi connectivity index (χ3v) is 6.12. The molecule has 2 aromatic rings. The lowest BCUT2D eigenvalue weighted by Gasteiger charge is -2.30. The van der Waals surface area contributed by atoms with Gasteiger partial charge in [-0.25, -0.2) is 4.98 Å². The number of aromatic nitrogens is 1. The Balaban J connectivity index is 1.42. The van der Waals surface area contributed by atoms with Gasteiger partial charge in [0.15, 0.2) is 0 Å². The smallest absolute Gasteiger partial charge is 0.227 e. The summed E-state index contributed by atoms with van der Waals surface area (Å²) in [6.07, 6.45) is 6.73. The molecule has 1 aliphatic heterocycles. The first-order valence-electron chi connectivity index (χ1n) is 10.2. The summed E-state index contributed by atoms with van der Waals surface area (Å²) in [5, 5.41) is 6.37. The Hall–Kier alpha value is -1.72. The van der Waals surface area contributed by atoms with Gasteiger partial charge in [-0.1, -0.05) is 31.9 Å². The molecule has 2 heterocycles. The van der Waals surface area contributed by atoms with Crippen molar-refractivity contribution in [3.05, 3.63) is 45.9 Å². The maximum Gasteiger partial charge on any atom is 0.227 e. The molecule has 1 aliphatic rings. The molecule has 0 unspecified atom stereocenters. The molecule has 1 fully saturated rings. The minimum atomic E-state index is 0.114. The second-order valence-electron chi connectivity index (χ2n) is 7.55. The molecule has 1 amide bonds. The lowest BCUT2D eigenvalue weighted by Crippen LogP contribution is -2.37. The molecular weight excluding hydrogens is 354 g/mol. The molecule has 0 radical (unpaired) electrons. The Morgan fingerprint density at radius 1 is 1.22 bits per heavy atom. The number of rotatable bonds is 8. The summed E-state index contributed by atoms with van der Waals surface area (Å²) in [5.74, 6) is 0.278. The SMILES string of the molecule is CCCCCc1ccc(NC(=O)C2CCN(Cc3csc(C)n3)CC2)cc1. The average Bonchev–Trinajstić information content (AvgIpc) is 3.08. The summed E-state index contributed by atoms with van der Waals surface area (Å²) in [6.45, 7) is 7.10. The second kappa shape index (κ2) is 10.00. The zero-order valence-corrected chi connectivity index (χ0v) is 17.4. The highest BCUT2D eigenvalue weighted by Crippen LogP contribution is 2.22. The number of unbranched alkanes of at least 4 members (excludes halogenated alkanes) is 2. The van der Waals surface area contributed by atoms with E-state index in [9.17, 15) is 4.79 Å². The Morgan fingerprint density at radius 2 is 1.96 bits per heavy atom.